The summed E-state index contributed by atoms with van der Waals surface area (Å²) in [5.74, 6) is -0.310. The number of thiazole rings is 1. The number of nitrogens with zero attached hydrogens (tertiary/aromatic N) is 3. The van der Waals surface area contributed by atoms with E-state index in [-0.39, 0.29) is 17.6 Å². The number of pyridine rings is 1. The summed E-state index contributed by atoms with van der Waals surface area (Å²) in [4.78, 5) is 23.5. The minimum atomic E-state index is -0.276. The normalized spacial score (nSPS) is 17.3. The molecule has 2 aromatic heterocycles. The number of amides is 1. The predicted octanol–water partition coefficient (Wildman–Crippen LogP) is 3.67. The first-order valence-electron chi connectivity index (χ1n) is 9.08. The molecular weight excluding hydrogens is 363 g/mol. The molecule has 1 saturated heterocycles. The number of carbonyl (C=O) groups excluding carboxylic acids is 1. The molecule has 0 radical (unpaired) electrons. The van der Waals surface area contributed by atoms with Crippen LogP contribution in [-0.4, -0.2) is 29.0 Å². The van der Waals surface area contributed by atoms with Crippen LogP contribution in [0.5, 0.6) is 0 Å². The fourth-order valence-electron chi connectivity index (χ4n) is 3.58. The van der Waals surface area contributed by atoms with Crippen molar-refractivity contribution in [3.05, 3.63) is 52.4 Å². The summed E-state index contributed by atoms with van der Waals surface area (Å²) in [6, 6.07) is 6.54. The lowest BCUT2D eigenvalue weighted by Gasteiger charge is -2.34. The maximum atomic E-state index is 13.7. The Bertz CT molecular complexity index is 974. The standard InChI is InChI=1S/C20H21FN4OS/c1-13-12-27-19(24-13)10-23-20(26)14-3-2-8-25(11-14)18-6-7-22-17-5-4-15(21)9-16(17)18/h4-7,9,12,14H,2-3,8,10-11H2,1H3,(H,23,26). The van der Waals surface area contributed by atoms with Crippen LogP contribution in [0.4, 0.5) is 10.1 Å². The smallest absolute Gasteiger partial charge is 0.225 e. The number of piperidine rings is 1. The van der Waals surface area contributed by atoms with E-state index in [9.17, 15) is 9.18 Å². The zero-order chi connectivity index (χ0) is 18.8. The van der Waals surface area contributed by atoms with E-state index in [0.29, 0.717) is 13.1 Å². The van der Waals surface area contributed by atoms with Gasteiger partial charge in [-0.15, -0.1) is 11.3 Å². The van der Waals surface area contributed by atoms with Crippen molar-refractivity contribution in [2.75, 3.05) is 18.0 Å². The number of benzene rings is 1. The highest BCUT2D eigenvalue weighted by Gasteiger charge is 2.27. The molecule has 1 aliphatic heterocycles. The van der Waals surface area contributed by atoms with Gasteiger partial charge in [0, 0.05) is 41.4 Å². The summed E-state index contributed by atoms with van der Waals surface area (Å²) in [6.07, 6.45) is 3.52. The van der Waals surface area contributed by atoms with E-state index in [4.69, 9.17) is 0 Å². The van der Waals surface area contributed by atoms with Gasteiger partial charge in [-0.05, 0) is 44.0 Å². The highest BCUT2D eigenvalue weighted by Crippen LogP contribution is 2.30. The Labute approximate surface area is 161 Å². The lowest BCUT2D eigenvalue weighted by Crippen LogP contribution is -2.43. The summed E-state index contributed by atoms with van der Waals surface area (Å²) < 4.78 is 13.7. The average molecular weight is 384 g/mol. The lowest BCUT2D eigenvalue weighted by atomic mass is 9.96. The number of rotatable bonds is 4. The van der Waals surface area contributed by atoms with Gasteiger partial charge in [0.1, 0.15) is 10.8 Å². The van der Waals surface area contributed by atoms with Crippen LogP contribution in [0.15, 0.2) is 35.8 Å². The third kappa shape index (κ3) is 3.93. The molecule has 1 fully saturated rings. The molecule has 1 unspecified atom stereocenters. The molecule has 1 amide bonds. The van der Waals surface area contributed by atoms with Gasteiger partial charge in [0.15, 0.2) is 0 Å². The zero-order valence-corrected chi connectivity index (χ0v) is 15.9. The Hall–Kier alpha value is -2.54. The summed E-state index contributed by atoms with van der Waals surface area (Å²) in [7, 11) is 0. The topological polar surface area (TPSA) is 58.1 Å². The second kappa shape index (κ2) is 7.60. The first-order valence-corrected chi connectivity index (χ1v) is 9.96. The van der Waals surface area contributed by atoms with Crippen LogP contribution in [0, 0.1) is 18.7 Å². The van der Waals surface area contributed by atoms with Gasteiger partial charge in [0.25, 0.3) is 0 Å². The van der Waals surface area contributed by atoms with E-state index in [2.05, 4.69) is 20.2 Å². The minimum Gasteiger partial charge on any atom is -0.370 e. The SMILES string of the molecule is Cc1csc(CNC(=O)C2CCCN(c3ccnc4ccc(F)cc34)C2)n1. The van der Waals surface area contributed by atoms with Crippen molar-refractivity contribution in [2.24, 2.45) is 5.92 Å². The Morgan fingerprint density at radius 1 is 1.41 bits per heavy atom. The maximum absolute atomic E-state index is 13.7. The molecule has 1 aromatic carbocycles. The van der Waals surface area contributed by atoms with Crippen LogP contribution in [0.2, 0.25) is 0 Å². The molecule has 0 aliphatic carbocycles. The zero-order valence-electron chi connectivity index (χ0n) is 15.1. The van der Waals surface area contributed by atoms with Crippen LogP contribution < -0.4 is 10.2 Å². The molecule has 1 aliphatic rings. The van der Waals surface area contributed by atoms with Crippen molar-refractivity contribution >= 4 is 33.8 Å². The molecule has 27 heavy (non-hydrogen) atoms. The number of fused-ring (bicyclic) bond motifs is 1. The van der Waals surface area contributed by atoms with Crippen molar-refractivity contribution in [3.8, 4) is 0 Å². The first-order chi connectivity index (χ1) is 13.1. The van der Waals surface area contributed by atoms with E-state index in [1.807, 2.05) is 18.4 Å². The van der Waals surface area contributed by atoms with Gasteiger partial charge in [-0.25, -0.2) is 9.37 Å². The number of carbonyl (C=O) groups is 1. The van der Waals surface area contributed by atoms with E-state index >= 15 is 0 Å². The Morgan fingerprint density at radius 3 is 3.11 bits per heavy atom. The lowest BCUT2D eigenvalue weighted by molar-refractivity contribution is -0.125. The van der Waals surface area contributed by atoms with E-state index in [1.165, 1.54) is 12.1 Å². The largest absolute Gasteiger partial charge is 0.370 e. The Kier molecular flexibility index (Phi) is 5.03. The monoisotopic (exact) mass is 384 g/mol. The number of halogens is 1. The van der Waals surface area contributed by atoms with Gasteiger partial charge < -0.3 is 10.2 Å². The Balaban J connectivity index is 1.48. The van der Waals surface area contributed by atoms with E-state index < -0.39 is 0 Å². The number of aryl methyl sites for hydroxylation is 1. The third-order valence-corrected chi connectivity index (χ3v) is 5.86. The van der Waals surface area contributed by atoms with Gasteiger partial charge >= 0.3 is 0 Å². The highest BCUT2D eigenvalue weighted by atomic mass is 32.1. The molecule has 0 saturated carbocycles. The summed E-state index contributed by atoms with van der Waals surface area (Å²) in [5, 5.41) is 6.70. The quantitative estimate of drug-likeness (QED) is 0.746. The number of anilines is 1. The van der Waals surface area contributed by atoms with Crippen LogP contribution in [0.25, 0.3) is 10.9 Å². The van der Waals surface area contributed by atoms with Gasteiger partial charge in [-0.2, -0.15) is 0 Å². The van der Waals surface area contributed by atoms with E-state index in [1.54, 1.807) is 23.6 Å². The van der Waals surface area contributed by atoms with Crippen molar-refractivity contribution in [1.29, 1.82) is 0 Å². The van der Waals surface area contributed by atoms with Crippen LogP contribution in [0.3, 0.4) is 0 Å². The van der Waals surface area contributed by atoms with Crippen LogP contribution in [0.1, 0.15) is 23.5 Å². The molecule has 3 heterocycles. The van der Waals surface area contributed by atoms with E-state index in [0.717, 1.165) is 46.7 Å². The molecule has 1 N–H and O–H groups in total. The molecule has 140 valence electrons. The first kappa shape index (κ1) is 17.9. The average Bonchev–Trinajstić information content (AvgIpc) is 3.11. The summed E-state index contributed by atoms with van der Waals surface area (Å²) in [6.45, 7) is 3.89. The van der Waals surface area contributed by atoms with Crippen LogP contribution >= 0.6 is 11.3 Å². The summed E-state index contributed by atoms with van der Waals surface area (Å²) in [5.41, 5.74) is 2.68. The second-order valence-electron chi connectivity index (χ2n) is 6.88. The summed E-state index contributed by atoms with van der Waals surface area (Å²) >= 11 is 1.56. The molecule has 3 aromatic rings. The molecule has 1 atom stereocenters. The minimum absolute atomic E-state index is 0.0529. The van der Waals surface area contributed by atoms with Crippen molar-refractivity contribution < 1.29 is 9.18 Å². The van der Waals surface area contributed by atoms with Crippen LogP contribution in [-0.2, 0) is 11.3 Å². The number of hydrogen-bond acceptors (Lipinski definition) is 5. The fourth-order valence-corrected chi connectivity index (χ4v) is 4.29. The molecule has 0 spiro atoms. The number of hydrogen-bond donors (Lipinski definition) is 1. The number of aromatic nitrogens is 2. The molecule has 5 nitrogen and oxygen atoms in total. The van der Waals surface area contributed by atoms with Gasteiger partial charge in [0.05, 0.1) is 18.0 Å². The van der Waals surface area contributed by atoms with Crippen molar-refractivity contribution in [1.82, 2.24) is 15.3 Å². The molecule has 0 bridgehead atoms. The van der Waals surface area contributed by atoms with Gasteiger partial charge in [-0.1, -0.05) is 0 Å². The van der Waals surface area contributed by atoms with Gasteiger partial charge in [0.2, 0.25) is 5.91 Å². The maximum Gasteiger partial charge on any atom is 0.225 e. The predicted molar refractivity (Wildman–Crippen MR) is 105 cm³/mol. The molecular formula is C20H21FN4OS. The second-order valence-corrected chi connectivity index (χ2v) is 7.82. The Morgan fingerprint density at radius 2 is 2.30 bits per heavy atom. The van der Waals surface area contributed by atoms with Crippen molar-refractivity contribution in [2.45, 2.75) is 26.3 Å². The van der Waals surface area contributed by atoms with Gasteiger partial charge in [-0.3, -0.25) is 9.78 Å². The highest BCUT2D eigenvalue weighted by molar-refractivity contribution is 7.09. The number of nitrogens with one attached hydrogen (secondary N) is 1. The molecule has 4 rings (SSSR count). The molecule has 7 heteroatoms. The third-order valence-electron chi connectivity index (χ3n) is 4.89. The van der Waals surface area contributed by atoms with Crippen molar-refractivity contribution in [3.63, 3.8) is 0 Å². The fraction of sp³-hybridized carbons (Fsp3) is 0.350.